The molecule has 0 unspecified atom stereocenters. The molecule has 0 amide bonds. The summed E-state index contributed by atoms with van der Waals surface area (Å²) in [6, 6.07) is 0. The number of rotatable bonds is 3. The molecule has 0 fully saturated rings. The van der Waals surface area contributed by atoms with Gasteiger partial charge in [-0.1, -0.05) is 12.2 Å². The first-order valence-electron chi connectivity index (χ1n) is 3.00. The molecule has 0 saturated heterocycles. The van der Waals surface area contributed by atoms with Crippen LogP contribution in [0.15, 0.2) is 25.3 Å². The first-order valence-corrected chi connectivity index (χ1v) is 4.82. The van der Waals surface area contributed by atoms with Crippen LogP contribution in [0, 0.1) is 0 Å². The predicted octanol–water partition coefficient (Wildman–Crippen LogP) is 1.34. The molecule has 0 heterocycles. The molecule has 0 N–H and O–H groups in total. The summed E-state index contributed by atoms with van der Waals surface area (Å²) in [5, 5.41) is 0. The van der Waals surface area contributed by atoms with Gasteiger partial charge in [-0.3, -0.25) is 4.18 Å². The zero-order chi connectivity index (χ0) is 9.33. The van der Waals surface area contributed by atoms with Crippen molar-refractivity contribution in [3.63, 3.8) is 0 Å². The molecule has 0 atom stereocenters. The molecular formula is C7H14O3S. The minimum absolute atomic E-state index is 0.0544. The number of hydrogen-bond donors (Lipinski definition) is 0. The molecule has 0 bridgehead atoms. The maximum Gasteiger partial charge on any atom is 0.264 e. The van der Waals surface area contributed by atoms with Crippen LogP contribution in [0.5, 0.6) is 0 Å². The van der Waals surface area contributed by atoms with Crippen molar-refractivity contribution in [1.29, 1.82) is 0 Å². The van der Waals surface area contributed by atoms with E-state index in [-0.39, 0.29) is 6.61 Å². The molecular weight excluding hydrogens is 164 g/mol. The number of hydrogen-bond acceptors (Lipinski definition) is 3. The van der Waals surface area contributed by atoms with E-state index < -0.39 is 10.1 Å². The van der Waals surface area contributed by atoms with E-state index in [1.807, 2.05) is 6.92 Å². The summed E-state index contributed by atoms with van der Waals surface area (Å²) in [6.07, 6.45) is 4.12. The van der Waals surface area contributed by atoms with Gasteiger partial charge in [0.25, 0.3) is 10.1 Å². The Bertz CT molecular complexity index is 192. The second-order valence-electron chi connectivity index (χ2n) is 1.69. The molecule has 0 aromatic carbocycles. The number of allylic oxidation sites excluding steroid dienone is 1. The van der Waals surface area contributed by atoms with Gasteiger partial charge in [-0.2, -0.15) is 8.42 Å². The van der Waals surface area contributed by atoms with Crippen molar-refractivity contribution in [2.24, 2.45) is 0 Å². The van der Waals surface area contributed by atoms with E-state index in [4.69, 9.17) is 0 Å². The third-order valence-electron chi connectivity index (χ3n) is 0.400. The van der Waals surface area contributed by atoms with Gasteiger partial charge in [-0.15, -0.1) is 13.2 Å². The Hall–Kier alpha value is -0.610. The van der Waals surface area contributed by atoms with Crippen LogP contribution in [0.25, 0.3) is 0 Å². The van der Waals surface area contributed by atoms with Crippen LogP contribution in [0.3, 0.4) is 0 Å². The van der Waals surface area contributed by atoms with Gasteiger partial charge in [0.05, 0.1) is 12.9 Å². The molecule has 0 rings (SSSR count). The smallest absolute Gasteiger partial charge is 0.264 e. The van der Waals surface area contributed by atoms with E-state index in [0.29, 0.717) is 0 Å². The minimum atomic E-state index is -3.26. The Morgan fingerprint density at radius 3 is 1.91 bits per heavy atom. The zero-order valence-corrected chi connectivity index (χ0v) is 7.73. The molecule has 11 heavy (non-hydrogen) atoms. The molecule has 4 heteroatoms. The first kappa shape index (κ1) is 13.0. The van der Waals surface area contributed by atoms with Crippen molar-refractivity contribution < 1.29 is 12.6 Å². The topological polar surface area (TPSA) is 43.4 Å². The van der Waals surface area contributed by atoms with Gasteiger partial charge < -0.3 is 0 Å². The molecule has 3 nitrogen and oxygen atoms in total. The van der Waals surface area contributed by atoms with E-state index in [1.165, 1.54) is 6.08 Å². The van der Waals surface area contributed by atoms with E-state index >= 15 is 0 Å². The average Bonchev–Trinajstić information content (AvgIpc) is 1.84. The van der Waals surface area contributed by atoms with Crippen LogP contribution >= 0.6 is 0 Å². The van der Waals surface area contributed by atoms with Crippen LogP contribution in [-0.2, 0) is 14.3 Å². The third-order valence-corrected chi connectivity index (χ3v) is 0.964. The van der Waals surface area contributed by atoms with Crippen LogP contribution in [-0.4, -0.2) is 21.3 Å². The van der Waals surface area contributed by atoms with Crippen molar-refractivity contribution in [2.75, 3.05) is 12.9 Å². The predicted molar refractivity (Wildman–Crippen MR) is 46.9 cm³/mol. The summed E-state index contributed by atoms with van der Waals surface area (Å²) in [5.41, 5.74) is 0. The highest BCUT2D eigenvalue weighted by molar-refractivity contribution is 7.85. The van der Waals surface area contributed by atoms with Gasteiger partial charge >= 0.3 is 0 Å². The van der Waals surface area contributed by atoms with E-state index in [9.17, 15) is 8.42 Å². The van der Waals surface area contributed by atoms with Crippen molar-refractivity contribution in [3.05, 3.63) is 25.3 Å². The van der Waals surface area contributed by atoms with Crippen LogP contribution in [0.1, 0.15) is 6.92 Å². The summed E-state index contributed by atoms with van der Waals surface area (Å²) >= 11 is 0. The van der Waals surface area contributed by atoms with E-state index in [0.717, 1.165) is 6.26 Å². The van der Waals surface area contributed by atoms with Crippen molar-refractivity contribution in [1.82, 2.24) is 0 Å². The fourth-order valence-electron chi connectivity index (χ4n) is 0.172. The summed E-state index contributed by atoms with van der Waals surface area (Å²) in [6.45, 7) is 8.58. The SMILES string of the molecule is C=CC.C=CCOS(C)(=O)=O. The summed E-state index contributed by atoms with van der Waals surface area (Å²) in [4.78, 5) is 0. The second kappa shape index (κ2) is 7.50. The maximum atomic E-state index is 10.1. The summed E-state index contributed by atoms with van der Waals surface area (Å²) in [7, 11) is -3.26. The van der Waals surface area contributed by atoms with Gasteiger partial charge in [0.15, 0.2) is 0 Å². The van der Waals surface area contributed by atoms with Crippen molar-refractivity contribution in [3.8, 4) is 0 Å². The molecule has 0 aliphatic carbocycles. The van der Waals surface area contributed by atoms with Crippen molar-refractivity contribution in [2.45, 2.75) is 6.92 Å². The lowest BCUT2D eigenvalue weighted by atomic mass is 10.7. The summed E-state index contributed by atoms with van der Waals surface area (Å²) in [5.74, 6) is 0. The summed E-state index contributed by atoms with van der Waals surface area (Å²) < 4.78 is 24.5. The molecule has 0 aliphatic heterocycles. The molecule has 0 aliphatic rings. The first-order chi connectivity index (χ1) is 4.97. The standard InChI is InChI=1S/C4H8O3S.C3H6/c1-3-4-7-8(2,5)6;1-3-2/h3H,1,4H2,2H3;3H,1H2,2H3. The van der Waals surface area contributed by atoms with Gasteiger partial charge in [-0.05, 0) is 6.92 Å². The Balaban J connectivity index is 0. The lowest BCUT2D eigenvalue weighted by Crippen LogP contribution is -2.01. The largest absolute Gasteiger partial charge is 0.266 e. The Kier molecular flexibility index (Phi) is 8.87. The fourth-order valence-corrected chi connectivity index (χ4v) is 0.515. The van der Waals surface area contributed by atoms with Gasteiger partial charge in [0, 0.05) is 0 Å². The Morgan fingerprint density at radius 2 is 1.82 bits per heavy atom. The van der Waals surface area contributed by atoms with Crippen LogP contribution in [0.2, 0.25) is 0 Å². The minimum Gasteiger partial charge on any atom is -0.266 e. The fraction of sp³-hybridized carbons (Fsp3) is 0.429. The third kappa shape index (κ3) is 26.6. The quantitative estimate of drug-likeness (QED) is 0.484. The normalized spacial score (nSPS) is 9.27. The molecule has 0 aromatic heterocycles. The lowest BCUT2D eigenvalue weighted by Gasteiger charge is -1.91. The van der Waals surface area contributed by atoms with Gasteiger partial charge in [0.1, 0.15) is 0 Å². The maximum absolute atomic E-state index is 10.1. The van der Waals surface area contributed by atoms with E-state index in [2.05, 4.69) is 17.3 Å². The van der Waals surface area contributed by atoms with E-state index in [1.54, 1.807) is 6.08 Å². The molecule has 66 valence electrons. The monoisotopic (exact) mass is 178 g/mol. The second-order valence-corrected chi connectivity index (χ2v) is 3.33. The molecule has 0 aromatic rings. The highest BCUT2D eigenvalue weighted by Crippen LogP contribution is 1.83. The van der Waals surface area contributed by atoms with Crippen LogP contribution < -0.4 is 0 Å². The zero-order valence-electron chi connectivity index (χ0n) is 6.91. The molecule has 0 spiro atoms. The van der Waals surface area contributed by atoms with Gasteiger partial charge in [0.2, 0.25) is 0 Å². The molecule has 0 radical (unpaired) electrons. The van der Waals surface area contributed by atoms with Crippen molar-refractivity contribution >= 4 is 10.1 Å². The Labute approximate surface area is 68.5 Å². The average molecular weight is 178 g/mol. The lowest BCUT2D eigenvalue weighted by molar-refractivity contribution is 0.362. The van der Waals surface area contributed by atoms with Gasteiger partial charge in [-0.25, -0.2) is 0 Å². The molecule has 0 saturated carbocycles. The highest BCUT2D eigenvalue weighted by Gasteiger charge is 1.95. The van der Waals surface area contributed by atoms with Crippen LogP contribution in [0.4, 0.5) is 0 Å². The highest BCUT2D eigenvalue weighted by atomic mass is 32.2. The Morgan fingerprint density at radius 1 is 1.45 bits per heavy atom.